The Kier molecular flexibility index (Phi) is 6.16. The number of aliphatic imine (C=N–C) groups is 1. The Morgan fingerprint density at radius 3 is 2.27 bits per heavy atom. The second-order valence-corrected chi connectivity index (χ2v) is 9.65. The van der Waals surface area contributed by atoms with E-state index in [1.165, 1.54) is 17.8 Å². The molecule has 1 aliphatic heterocycles. The van der Waals surface area contributed by atoms with Crippen molar-refractivity contribution >= 4 is 51.2 Å². The van der Waals surface area contributed by atoms with Crippen LogP contribution in [-0.4, -0.2) is 15.6 Å². The molecule has 37 heavy (non-hydrogen) atoms. The monoisotopic (exact) mass is 503 g/mol. The van der Waals surface area contributed by atoms with Crippen molar-refractivity contribution in [3.8, 4) is 0 Å². The number of benzene rings is 4. The van der Waals surface area contributed by atoms with Crippen molar-refractivity contribution in [2.75, 3.05) is 4.90 Å². The van der Waals surface area contributed by atoms with E-state index in [2.05, 4.69) is 0 Å². The summed E-state index contributed by atoms with van der Waals surface area (Å²) in [5, 5.41) is 1.60. The number of para-hydroxylation sites is 3. The van der Waals surface area contributed by atoms with Gasteiger partial charge in [0.05, 0.1) is 22.8 Å². The highest BCUT2D eigenvalue weighted by atomic mass is 32.2. The van der Waals surface area contributed by atoms with Gasteiger partial charge in [0, 0.05) is 28.2 Å². The quantitative estimate of drug-likeness (QED) is 0.231. The molecule has 1 fully saturated rings. The highest BCUT2D eigenvalue weighted by Gasteiger charge is 2.35. The van der Waals surface area contributed by atoms with Gasteiger partial charge in [-0.2, -0.15) is 0 Å². The average Bonchev–Trinajstić information content (AvgIpc) is 3.43. The van der Waals surface area contributed by atoms with Gasteiger partial charge in [0.2, 0.25) is 0 Å². The van der Waals surface area contributed by atoms with Crippen LogP contribution in [0.4, 0.5) is 15.8 Å². The largest absolute Gasteiger partial charge is 0.342 e. The minimum absolute atomic E-state index is 0.128. The Balaban J connectivity index is 1.43. The maximum Gasteiger partial charge on any atom is 0.271 e. The minimum Gasteiger partial charge on any atom is -0.342 e. The third kappa shape index (κ3) is 4.59. The van der Waals surface area contributed by atoms with Gasteiger partial charge >= 0.3 is 0 Å². The van der Waals surface area contributed by atoms with Crippen LogP contribution in [0.3, 0.4) is 0 Å². The van der Waals surface area contributed by atoms with Crippen LogP contribution >= 0.6 is 11.8 Å². The molecule has 0 saturated carbocycles. The lowest BCUT2D eigenvalue weighted by Crippen LogP contribution is -2.28. The first-order valence-corrected chi connectivity index (χ1v) is 12.7. The summed E-state index contributed by atoms with van der Waals surface area (Å²) in [6.07, 6.45) is 3.90. The smallest absolute Gasteiger partial charge is 0.271 e. The highest BCUT2D eigenvalue weighted by Crippen LogP contribution is 2.38. The topological polar surface area (TPSA) is 37.6 Å². The number of carbonyl (C=O) groups excluding carboxylic acids is 1. The molecule has 1 aliphatic rings. The average molecular weight is 504 g/mol. The molecule has 6 heteroatoms. The third-order valence-electron chi connectivity index (χ3n) is 6.21. The van der Waals surface area contributed by atoms with E-state index in [-0.39, 0.29) is 11.7 Å². The number of halogens is 1. The van der Waals surface area contributed by atoms with Gasteiger partial charge < -0.3 is 4.57 Å². The number of amides is 1. The summed E-state index contributed by atoms with van der Waals surface area (Å²) in [5.41, 5.74) is 4.03. The number of anilines is 1. The number of thioether (sulfide) groups is 1. The molecule has 0 atom stereocenters. The summed E-state index contributed by atoms with van der Waals surface area (Å²) in [7, 11) is 0. The molecule has 0 unspecified atom stereocenters. The number of carbonyl (C=O) groups is 1. The van der Waals surface area contributed by atoms with Crippen molar-refractivity contribution in [2.45, 2.75) is 6.54 Å². The van der Waals surface area contributed by atoms with Gasteiger partial charge in [-0.05, 0) is 54.2 Å². The molecule has 0 N–H and O–H groups in total. The number of nitrogens with zero attached hydrogens (tertiary/aromatic N) is 3. The molecule has 6 rings (SSSR count). The number of aromatic nitrogens is 1. The van der Waals surface area contributed by atoms with Crippen molar-refractivity contribution in [1.82, 2.24) is 4.57 Å². The van der Waals surface area contributed by atoms with Crippen LogP contribution in [0.5, 0.6) is 0 Å². The van der Waals surface area contributed by atoms with Crippen molar-refractivity contribution in [1.29, 1.82) is 0 Å². The molecule has 0 radical (unpaired) electrons. The Bertz CT molecular complexity index is 1660. The molecular formula is C31H22FN3OS. The Morgan fingerprint density at radius 1 is 0.811 bits per heavy atom. The number of amidine groups is 1. The van der Waals surface area contributed by atoms with E-state index in [1.807, 2.05) is 108 Å². The fraction of sp³-hybridized carbons (Fsp3) is 0.0323. The highest BCUT2D eigenvalue weighted by molar-refractivity contribution is 8.19. The lowest BCUT2D eigenvalue weighted by Gasteiger charge is -2.15. The van der Waals surface area contributed by atoms with E-state index < -0.39 is 0 Å². The fourth-order valence-electron chi connectivity index (χ4n) is 4.44. The van der Waals surface area contributed by atoms with Crippen LogP contribution in [-0.2, 0) is 11.3 Å². The molecule has 180 valence electrons. The van der Waals surface area contributed by atoms with Gasteiger partial charge in [0.25, 0.3) is 5.91 Å². The van der Waals surface area contributed by atoms with E-state index in [1.54, 1.807) is 17.0 Å². The summed E-state index contributed by atoms with van der Waals surface area (Å²) in [6.45, 7) is 0.397. The van der Waals surface area contributed by atoms with E-state index in [4.69, 9.17) is 4.99 Å². The molecular weight excluding hydrogens is 481 g/mol. The van der Waals surface area contributed by atoms with Crippen LogP contribution < -0.4 is 4.90 Å². The van der Waals surface area contributed by atoms with Crippen molar-refractivity contribution in [3.63, 3.8) is 0 Å². The number of hydrogen-bond donors (Lipinski definition) is 0. The van der Waals surface area contributed by atoms with Gasteiger partial charge in [0.1, 0.15) is 5.82 Å². The van der Waals surface area contributed by atoms with E-state index in [9.17, 15) is 9.18 Å². The number of rotatable bonds is 5. The fourth-order valence-corrected chi connectivity index (χ4v) is 5.43. The van der Waals surface area contributed by atoms with Gasteiger partial charge in [-0.3, -0.25) is 9.69 Å². The standard InChI is InChI=1S/C31H22FN3OS/c32-27-17-9-7-11-22(27)20-34-21-23(26-16-8-10-18-28(26)34)19-29-30(36)35(25-14-5-2-6-15-25)31(37-29)33-24-12-3-1-4-13-24/h1-19,21H,20H2/b29-19-,33-31?. The minimum atomic E-state index is -0.234. The molecule has 1 saturated heterocycles. The van der Waals surface area contributed by atoms with Gasteiger partial charge in [-0.1, -0.05) is 72.8 Å². The zero-order chi connectivity index (χ0) is 25.2. The molecule has 4 nitrogen and oxygen atoms in total. The van der Waals surface area contributed by atoms with Crippen LogP contribution in [0.2, 0.25) is 0 Å². The van der Waals surface area contributed by atoms with Crippen LogP contribution in [0, 0.1) is 5.82 Å². The Morgan fingerprint density at radius 2 is 1.49 bits per heavy atom. The summed E-state index contributed by atoms with van der Waals surface area (Å²) in [5.74, 6) is -0.362. The van der Waals surface area contributed by atoms with Crippen LogP contribution in [0.25, 0.3) is 17.0 Å². The van der Waals surface area contributed by atoms with E-state index in [0.29, 0.717) is 22.2 Å². The first kappa shape index (κ1) is 23.0. The maximum atomic E-state index is 14.4. The number of fused-ring (bicyclic) bond motifs is 1. The van der Waals surface area contributed by atoms with Gasteiger partial charge in [0.15, 0.2) is 5.17 Å². The van der Waals surface area contributed by atoms with Crippen LogP contribution in [0.1, 0.15) is 11.1 Å². The number of hydrogen-bond acceptors (Lipinski definition) is 3. The molecule has 0 aliphatic carbocycles. The van der Waals surface area contributed by atoms with E-state index in [0.717, 1.165) is 27.8 Å². The Labute approximate surface area is 218 Å². The van der Waals surface area contributed by atoms with Crippen molar-refractivity contribution in [3.05, 3.63) is 137 Å². The zero-order valence-corrected chi connectivity index (χ0v) is 20.6. The Hall–Kier alpha value is -4.42. The molecule has 0 spiro atoms. The molecule has 5 aromatic rings. The van der Waals surface area contributed by atoms with E-state index >= 15 is 0 Å². The lowest BCUT2D eigenvalue weighted by atomic mass is 10.1. The third-order valence-corrected chi connectivity index (χ3v) is 7.18. The van der Waals surface area contributed by atoms with Crippen LogP contribution in [0.15, 0.2) is 125 Å². The van der Waals surface area contributed by atoms with Crippen molar-refractivity contribution in [2.24, 2.45) is 4.99 Å². The molecule has 1 aromatic heterocycles. The predicted octanol–water partition coefficient (Wildman–Crippen LogP) is 7.64. The SMILES string of the molecule is O=C1/C(=C/c2cn(Cc3ccccc3F)c3ccccc23)SC(=Nc2ccccc2)N1c1ccccc1. The van der Waals surface area contributed by atoms with Gasteiger partial charge in [-0.15, -0.1) is 0 Å². The van der Waals surface area contributed by atoms with Gasteiger partial charge in [-0.25, -0.2) is 9.38 Å². The summed E-state index contributed by atoms with van der Waals surface area (Å²) < 4.78 is 16.4. The molecule has 0 bridgehead atoms. The predicted molar refractivity (Wildman–Crippen MR) is 150 cm³/mol. The molecule has 1 amide bonds. The van der Waals surface area contributed by atoms with Crippen molar-refractivity contribution < 1.29 is 9.18 Å². The maximum absolute atomic E-state index is 14.4. The molecule has 2 heterocycles. The normalized spacial score (nSPS) is 15.8. The summed E-state index contributed by atoms with van der Waals surface area (Å²) >= 11 is 1.35. The molecule has 4 aromatic carbocycles. The first-order chi connectivity index (χ1) is 18.2. The lowest BCUT2D eigenvalue weighted by molar-refractivity contribution is -0.113. The summed E-state index contributed by atoms with van der Waals surface area (Å²) in [6, 6.07) is 34.0. The second-order valence-electron chi connectivity index (χ2n) is 8.64. The summed E-state index contributed by atoms with van der Waals surface area (Å²) in [4.78, 5) is 20.7. The second kappa shape index (κ2) is 9.91. The first-order valence-electron chi connectivity index (χ1n) is 11.9. The zero-order valence-electron chi connectivity index (χ0n) is 19.8.